The van der Waals surface area contributed by atoms with E-state index in [1.54, 1.807) is 50.0 Å². The summed E-state index contributed by atoms with van der Waals surface area (Å²) in [6.45, 7) is 0.552. The van der Waals surface area contributed by atoms with Crippen LogP contribution in [0.2, 0.25) is 0 Å². The maximum Gasteiger partial charge on any atom is 0.280 e. The summed E-state index contributed by atoms with van der Waals surface area (Å²) in [5.74, 6) is 0.858. The highest BCUT2D eigenvalue weighted by molar-refractivity contribution is 5.62. The molecule has 0 aromatic carbocycles. The number of aliphatic hydroxyl groups excluding tert-OH is 1. The van der Waals surface area contributed by atoms with Crippen molar-refractivity contribution in [2.75, 3.05) is 20.8 Å². The van der Waals surface area contributed by atoms with Crippen LogP contribution in [0.25, 0.3) is 16.9 Å². The van der Waals surface area contributed by atoms with Crippen molar-refractivity contribution in [1.29, 1.82) is 0 Å². The molecule has 0 amide bonds. The molecule has 29 heavy (non-hydrogen) atoms. The van der Waals surface area contributed by atoms with E-state index >= 15 is 0 Å². The minimum atomic E-state index is -0.852. The van der Waals surface area contributed by atoms with Crippen LogP contribution in [-0.4, -0.2) is 51.2 Å². The van der Waals surface area contributed by atoms with Crippen LogP contribution in [0.1, 0.15) is 24.6 Å². The highest BCUT2D eigenvalue weighted by Crippen LogP contribution is 2.37. The van der Waals surface area contributed by atoms with Crippen LogP contribution >= 0.6 is 0 Å². The smallest absolute Gasteiger partial charge is 0.280 e. The summed E-state index contributed by atoms with van der Waals surface area (Å²) in [5.41, 5.74) is 1.39. The Kier molecular flexibility index (Phi) is 5.18. The van der Waals surface area contributed by atoms with Crippen molar-refractivity contribution in [1.82, 2.24) is 25.1 Å². The lowest BCUT2D eigenvalue weighted by molar-refractivity contribution is 0.0814. The van der Waals surface area contributed by atoms with Gasteiger partial charge in [0.05, 0.1) is 19.3 Å². The maximum atomic E-state index is 12.8. The number of hydrogen-bond acceptors (Lipinski definition) is 7. The first kappa shape index (κ1) is 19.3. The third-order valence-corrected chi connectivity index (χ3v) is 5.06. The Hall–Kier alpha value is -3.01. The minimum Gasteiger partial charge on any atom is -0.481 e. The first-order valence-corrected chi connectivity index (χ1v) is 9.27. The van der Waals surface area contributed by atoms with E-state index in [1.807, 2.05) is 0 Å². The van der Waals surface area contributed by atoms with Crippen molar-refractivity contribution in [3.05, 3.63) is 58.8 Å². The molecule has 9 nitrogen and oxygen atoms in total. The molecule has 3 heterocycles. The first-order valence-electron chi connectivity index (χ1n) is 9.27. The highest BCUT2D eigenvalue weighted by Gasteiger charge is 2.44. The number of methoxy groups -OCH3 is 2. The average molecular weight is 397 g/mol. The molecule has 3 aromatic heterocycles. The number of H-pyrrole nitrogens is 1. The van der Waals surface area contributed by atoms with Crippen molar-refractivity contribution in [2.45, 2.75) is 24.6 Å². The lowest BCUT2D eigenvalue weighted by Crippen LogP contribution is -2.38. The highest BCUT2D eigenvalue weighted by atomic mass is 16.5. The molecule has 4 rings (SSSR count). The summed E-state index contributed by atoms with van der Waals surface area (Å²) in [5, 5.41) is 16.6. The molecule has 1 aliphatic rings. The van der Waals surface area contributed by atoms with Crippen molar-refractivity contribution in [3.63, 3.8) is 0 Å². The van der Waals surface area contributed by atoms with E-state index in [4.69, 9.17) is 9.47 Å². The van der Waals surface area contributed by atoms with Gasteiger partial charge in [-0.25, -0.2) is 14.6 Å². The van der Waals surface area contributed by atoms with Gasteiger partial charge in [0, 0.05) is 42.9 Å². The lowest BCUT2D eigenvalue weighted by atomic mass is 10.1. The monoisotopic (exact) mass is 397 g/mol. The number of nitrogens with zero attached hydrogens (tertiary/aromatic N) is 3. The summed E-state index contributed by atoms with van der Waals surface area (Å²) in [6.07, 6.45) is 5.83. The predicted octanol–water partition coefficient (Wildman–Crippen LogP) is 1.39. The lowest BCUT2D eigenvalue weighted by Gasteiger charge is -2.21. The molecule has 1 saturated carbocycles. The van der Waals surface area contributed by atoms with Crippen LogP contribution in [0.4, 0.5) is 0 Å². The number of nitrogens with one attached hydrogen (secondary N) is 2. The van der Waals surface area contributed by atoms with Gasteiger partial charge >= 0.3 is 0 Å². The molecule has 0 radical (unpaired) electrons. The second-order valence-corrected chi connectivity index (χ2v) is 7.12. The molecule has 3 N–H and O–H groups in total. The Morgan fingerprint density at radius 1 is 1.31 bits per heavy atom. The van der Waals surface area contributed by atoms with Gasteiger partial charge in [0.15, 0.2) is 5.82 Å². The van der Waals surface area contributed by atoms with E-state index in [-0.39, 0.29) is 11.1 Å². The summed E-state index contributed by atoms with van der Waals surface area (Å²) >= 11 is 0. The topological polar surface area (TPSA) is 114 Å². The van der Waals surface area contributed by atoms with Crippen LogP contribution in [-0.2, 0) is 4.74 Å². The first-order chi connectivity index (χ1) is 14.0. The molecule has 152 valence electrons. The average Bonchev–Trinajstić information content (AvgIpc) is 3.38. The third-order valence-electron chi connectivity index (χ3n) is 5.06. The second-order valence-electron chi connectivity index (χ2n) is 7.12. The molecule has 1 unspecified atom stereocenters. The van der Waals surface area contributed by atoms with E-state index in [2.05, 4.69) is 20.4 Å². The Bertz CT molecular complexity index is 1040. The Labute approximate surface area is 167 Å². The van der Waals surface area contributed by atoms with Gasteiger partial charge in [-0.3, -0.25) is 15.2 Å². The van der Waals surface area contributed by atoms with Gasteiger partial charge in [-0.2, -0.15) is 0 Å². The van der Waals surface area contributed by atoms with E-state index in [0.29, 0.717) is 35.0 Å². The third kappa shape index (κ3) is 3.93. The summed E-state index contributed by atoms with van der Waals surface area (Å²) in [4.78, 5) is 21.2. The van der Waals surface area contributed by atoms with E-state index in [9.17, 15) is 9.90 Å². The predicted molar refractivity (Wildman–Crippen MR) is 106 cm³/mol. The van der Waals surface area contributed by atoms with Crippen LogP contribution in [0.5, 0.6) is 5.88 Å². The van der Waals surface area contributed by atoms with Gasteiger partial charge in [-0.15, -0.1) is 0 Å². The fourth-order valence-electron chi connectivity index (χ4n) is 3.26. The van der Waals surface area contributed by atoms with E-state index in [0.717, 1.165) is 12.8 Å². The van der Waals surface area contributed by atoms with Gasteiger partial charge in [0.1, 0.15) is 6.23 Å². The van der Waals surface area contributed by atoms with Crippen molar-refractivity contribution >= 4 is 0 Å². The number of aromatic nitrogens is 4. The van der Waals surface area contributed by atoms with Crippen LogP contribution in [0.15, 0.2) is 47.7 Å². The van der Waals surface area contributed by atoms with Gasteiger partial charge in [0.25, 0.3) is 5.56 Å². The molecule has 0 spiro atoms. The zero-order chi connectivity index (χ0) is 20.4. The van der Waals surface area contributed by atoms with Gasteiger partial charge in [-0.1, -0.05) is 0 Å². The molecule has 9 heteroatoms. The molecule has 0 aliphatic heterocycles. The van der Waals surface area contributed by atoms with Gasteiger partial charge in [-0.05, 0) is 36.6 Å². The van der Waals surface area contributed by atoms with Gasteiger partial charge in [0.2, 0.25) is 5.88 Å². The Balaban J connectivity index is 1.54. The molecular formula is C20H23N5O4. The number of aliphatic hydroxyl groups is 1. The summed E-state index contributed by atoms with van der Waals surface area (Å²) in [6, 6.07) is 6.86. The van der Waals surface area contributed by atoms with Crippen LogP contribution in [0.3, 0.4) is 0 Å². The standard InChI is InChI=1S/C20H23N5O4/c1-28-12-20(6-7-20)24-18(26)14-3-4-16(22-10-14)25-19(27)15(11-23-25)13-5-8-21-17(9-13)29-2/h3-5,8-11,18,23-24,26H,6-7,12H2,1-2H3. The molecule has 0 saturated heterocycles. The number of ether oxygens (including phenoxy) is 2. The largest absolute Gasteiger partial charge is 0.481 e. The number of rotatable bonds is 8. The van der Waals surface area contributed by atoms with Crippen molar-refractivity contribution in [3.8, 4) is 22.8 Å². The second kappa shape index (κ2) is 7.78. The normalized spacial score (nSPS) is 15.8. The summed E-state index contributed by atoms with van der Waals surface area (Å²) in [7, 11) is 3.17. The van der Waals surface area contributed by atoms with Gasteiger partial charge < -0.3 is 14.6 Å². The SMILES string of the molecule is COCC1(NC(O)c2ccc(-n3[nH]cc(-c4ccnc(OC)c4)c3=O)nc2)CC1. The maximum absolute atomic E-state index is 12.8. The van der Waals surface area contributed by atoms with E-state index in [1.165, 1.54) is 11.8 Å². The number of aromatic amines is 1. The number of pyridine rings is 2. The fourth-order valence-corrected chi connectivity index (χ4v) is 3.26. The van der Waals surface area contributed by atoms with Crippen molar-refractivity contribution in [2.24, 2.45) is 0 Å². The molecule has 3 aromatic rings. The van der Waals surface area contributed by atoms with E-state index < -0.39 is 6.23 Å². The van der Waals surface area contributed by atoms with Crippen molar-refractivity contribution < 1.29 is 14.6 Å². The molecule has 0 bridgehead atoms. The molecule has 1 atom stereocenters. The quantitative estimate of drug-likeness (QED) is 0.492. The molecular weight excluding hydrogens is 374 g/mol. The fraction of sp³-hybridized carbons (Fsp3) is 0.350. The molecule has 1 aliphatic carbocycles. The zero-order valence-electron chi connectivity index (χ0n) is 16.3. The summed E-state index contributed by atoms with van der Waals surface area (Å²) < 4.78 is 11.7. The Morgan fingerprint density at radius 2 is 2.14 bits per heavy atom. The minimum absolute atomic E-state index is 0.163. The molecule has 1 fully saturated rings. The Morgan fingerprint density at radius 3 is 2.79 bits per heavy atom. The zero-order valence-corrected chi connectivity index (χ0v) is 16.3. The number of hydrogen-bond donors (Lipinski definition) is 3. The van der Waals surface area contributed by atoms with Crippen LogP contribution < -0.4 is 15.6 Å². The van der Waals surface area contributed by atoms with Crippen LogP contribution in [0, 0.1) is 0 Å².